The predicted molar refractivity (Wildman–Crippen MR) is 76.0 cm³/mol. The number of hydrogen-bond donors (Lipinski definition) is 0. The Morgan fingerprint density at radius 2 is 1.59 bits per heavy atom. The summed E-state index contributed by atoms with van der Waals surface area (Å²) in [6.07, 6.45) is 8.72. The quantitative estimate of drug-likeness (QED) is 0.671. The molecule has 0 spiro atoms. The van der Waals surface area contributed by atoms with Crippen LogP contribution in [0.2, 0.25) is 0 Å². The Bertz CT molecular complexity index is 511. The van der Waals surface area contributed by atoms with E-state index < -0.39 is 0 Å². The first-order valence-electron chi connectivity index (χ1n) is 6.23. The monoisotopic (exact) mass is 224 g/mol. The average molecular weight is 224 g/mol. The van der Waals surface area contributed by atoms with Gasteiger partial charge in [-0.3, -0.25) is 0 Å². The molecule has 0 fully saturated rings. The van der Waals surface area contributed by atoms with E-state index in [1.807, 2.05) is 0 Å². The summed E-state index contributed by atoms with van der Waals surface area (Å²) in [7, 11) is 0. The summed E-state index contributed by atoms with van der Waals surface area (Å²) in [6, 6.07) is 8.72. The Hall–Kier alpha value is -1.56. The van der Waals surface area contributed by atoms with Crippen molar-refractivity contribution in [2.75, 3.05) is 0 Å². The average Bonchev–Trinajstić information content (AvgIpc) is 2.52. The van der Waals surface area contributed by atoms with Crippen molar-refractivity contribution in [1.29, 1.82) is 0 Å². The third-order valence-electron chi connectivity index (χ3n) is 3.52. The predicted octanol–water partition coefficient (Wildman–Crippen LogP) is 4.88. The second-order valence-corrected chi connectivity index (χ2v) is 5.00. The van der Waals surface area contributed by atoms with Gasteiger partial charge in [0.15, 0.2) is 0 Å². The summed E-state index contributed by atoms with van der Waals surface area (Å²) >= 11 is 0. The molecule has 0 heteroatoms. The Kier molecular flexibility index (Phi) is 3.06. The van der Waals surface area contributed by atoms with Gasteiger partial charge in [0, 0.05) is 5.41 Å². The molecule has 0 amide bonds. The van der Waals surface area contributed by atoms with Gasteiger partial charge in [-0.1, -0.05) is 62.4 Å². The lowest BCUT2D eigenvalue weighted by Gasteiger charge is -2.22. The van der Waals surface area contributed by atoms with Crippen molar-refractivity contribution >= 4 is 5.57 Å². The van der Waals surface area contributed by atoms with Crippen LogP contribution >= 0.6 is 0 Å². The number of rotatable bonds is 2. The van der Waals surface area contributed by atoms with Crippen LogP contribution in [-0.4, -0.2) is 0 Å². The zero-order chi connectivity index (χ0) is 12.5. The summed E-state index contributed by atoms with van der Waals surface area (Å²) in [4.78, 5) is 0. The molecule has 0 saturated heterocycles. The molecule has 0 bridgehead atoms. The maximum atomic E-state index is 2.30. The van der Waals surface area contributed by atoms with E-state index in [1.165, 1.54) is 22.3 Å². The van der Waals surface area contributed by atoms with Crippen LogP contribution in [0.15, 0.2) is 54.1 Å². The summed E-state index contributed by atoms with van der Waals surface area (Å²) in [5, 5.41) is 0. The van der Waals surface area contributed by atoms with Crippen molar-refractivity contribution in [2.45, 2.75) is 33.1 Å². The van der Waals surface area contributed by atoms with Gasteiger partial charge in [-0.25, -0.2) is 0 Å². The van der Waals surface area contributed by atoms with Crippen LogP contribution in [0.4, 0.5) is 0 Å². The van der Waals surface area contributed by atoms with Gasteiger partial charge in [-0.05, 0) is 36.1 Å². The van der Waals surface area contributed by atoms with Crippen molar-refractivity contribution in [1.82, 2.24) is 0 Å². The molecule has 1 aromatic rings. The third-order valence-corrected chi connectivity index (χ3v) is 3.52. The van der Waals surface area contributed by atoms with Crippen molar-refractivity contribution in [2.24, 2.45) is 0 Å². The SMILES string of the molecule is C/C=C\C1=C(/C=C/C)c2ccccc2C1(C)C. The van der Waals surface area contributed by atoms with Crippen molar-refractivity contribution < 1.29 is 0 Å². The molecule has 17 heavy (non-hydrogen) atoms. The number of fused-ring (bicyclic) bond motifs is 1. The van der Waals surface area contributed by atoms with Gasteiger partial charge >= 0.3 is 0 Å². The van der Waals surface area contributed by atoms with Gasteiger partial charge in [0.25, 0.3) is 0 Å². The van der Waals surface area contributed by atoms with E-state index in [0.717, 1.165) is 0 Å². The second-order valence-electron chi connectivity index (χ2n) is 5.00. The normalized spacial score (nSPS) is 18.4. The van der Waals surface area contributed by atoms with E-state index in [9.17, 15) is 0 Å². The molecular formula is C17H20. The van der Waals surface area contributed by atoms with Gasteiger partial charge < -0.3 is 0 Å². The van der Waals surface area contributed by atoms with Crippen LogP contribution in [0.3, 0.4) is 0 Å². The van der Waals surface area contributed by atoms with Crippen LogP contribution in [0.25, 0.3) is 5.57 Å². The molecule has 0 unspecified atom stereocenters. The highest BCUT2D eigenvalue weighted by Gasteiger charge is 2.34. The molecule has 0 atom stereocenters. The second kappa shape index (κ2) is 4.37. The molecule has 0 nitrogen and oxygen atoms in total. The Labute approximate surface area is 104 Å². The first-order valence-corrected chi connectivity index (χ1v) is 6.23. The van der Waals surface area contributed by atoms with Gasteiger partial charge in [0.1, 0.15) is 0 Å². The van der Waals surface area contributed by atoms with Crippen molar-refractivity contribution in [3.8, 4) is 0 Å². The van der Waals surface area contributed by atoms with E-state index >= 15 is 0 Å². The lowest BCUT2D eigenvalue weighted by molar-refractivity contribution is 0.654. The Morgan fingerprint density at radius 1 is 0.941 bits per heavy atom. The maximum absolute atomic E-state index is 2.30. The highest BCUT2D eigenvalue weighted by Crippen LogP contribution is 2.47. The van der Waals surface area contributed by atoms with Gasteiger partial charge in [-0.2, -0.15) is 0 Å². The largest absolute Gasteiger partial charge is 0.0873 e. The first-order chi connectivity index (χ1) is 8.12. The summed E-state index contributed by atoms with van der Waals surface area (Å²) in [5.74, 6) is 0. The Balaban J connectivity index is 2.73. The van der Waals surface area contributed by atoms with Crippen LogP contribution in [-0.2, 0) is 5.41 Å². The zero-order valence-electron chi connectivity index (χ0n) is 11.1. The standard InChI is InChI=1S/C17H20/c1-5-9-13-14-11-7-8-12-16(14)17(3,4)15(13)10-6-2/h5-12H,1-4H3/b9-5+,10-6-. The number of hydrogen-bond acceptors (Lipinski definition) is 0. The van der Waals surface area contributed by atoms with Crippen molar-refractivity contribution in [3.05, 3.63) is 65.3 Å². The molecule has 0 N–H and O–H groups in total. The number of allylic oxidation sites excluding steroid dienone is 6. The van der Waals surface area contributed by atoms with Gasteiger partial charge in [0.05, 0.1) is 0 Å². The van der Waals surface area contributed by atoms with Crippen LogP contribution < -0.4 is 0 Å². The first kappa shape index (κ1) is 11.9. The summed E-state index contributed by atoms with van der Waals surface area (Å²) in [6.45, 7) is 8.77. The molecule has 1 aliphatic rings. The molecular weight excluding hydrogens is 204 g/mol. The van der Waals surface area contributed by atoms with Crippen LogP contribution in [0.5, 0.6) is 0 Å². The van der Waals surface area contributed by atoms with Crippen LogP contribution in [0, 0.1) is 0 Å². The van der Waals surface area contributed by atoms with Gasteiger partial charge in [-0.15, -0.1) is 0 Å². The van der Waals surface area contributed by atoms with Crippen molar-refractivity contribution in [3.63, 3.8) is 0 Å². The van der Waals surface area contributed by atoms with E-state index in [4.69, 9.17) is 0 Å². The fourth-order valence-electron chi connectivity index (χ4n) is 2.70. The molecule has 2 rings (SSSR count). The molecule has 1 aliphatic carbocycles. The highest BCUT2D eigenvalue weighted by molar-refractivity contribution is 5.87. The minimum Gasteiger partial charge on any atom is -0.0873 e. The van der Waals surface area contributed by atoms with Gasteiger partial charge in [0.2, 0.25) is 0 Å². The van der Waals surface area contributed by atoms with E-state index in [0.29, 0.717) is 0 Å². The summed E-state index contributed by atoms with van der Waals surface area (Å²) < 4.78 is 0. The maximum Gasteiger partial charge on any atom is 0.0158 e. The zero-order valence-corrected chi connectivity index (χ0v) is 11.1. The molecule has 0 radical (unpaired) electrons. The molecule has 88 valence electrons. The molecule has 0 heterocycles. The minimum absolute atomic E-state index is 0.109. The molecule has 0 aromatic heterocycles. The lowest BCUT2D eigenvalue weighted by atomic mass is 9.81. The lowest BCUT2D eigenvalue weighted by Crippen LogP contribution is -2.15. The highest BCUT2D eigenvalue weighted by atomic mass is 14.4. The van der Waals surface area contributed by atoms with E-state index in [2.05, 4.69) is 76.3 Å². The number of benzene rings is 1. The molecule has 0 saturated carbocycles. The fourth-order valence-corrected chi connectivity index (χ4v) is 2.70. The smallest absolute Gasteiger partial charge is 0.0158 e. The molecule has 0 aliphatic heterocycles. The fraction of sp³-hybridized carbons (Fsp3) is 0.294. The van der Waals surface area contributed by atoms with E-state index in [1.54, 1.807) is 0 Å². The Morgan fingerprint density at radius 3 is 2.24 bits per heavy atom. The third kappa shape index (κ3) is 1.78. The van der Waals surface area contributed by atoms with Crippen LogP contribution in [0.1, 0.15) is 38.8 Å². The summed E-state index contributed by atoms with van der Waals surface area (Å²) in [5.41, 5.74) is 5.70. The molecule has 1 aromatic carbocycles. The topological polar surface area (TPSA) is 0 Å². The van der Waals surface area contributed by atoms with E-state index in [-0.39, 0.29) is 5.41 Å². The minimum atomic E-state index is 0.109.